The number of benzene rings is 1. The summed E-state index contributed by atoms with van der Waals surface area (Å²) >= 11 is 1.74. The van der Waals surface area contributed by atoms with Crippen LogP contribution in [0.4, 0.5) is 0 Å². The summed E-state index contributed by atoms with van der Waals surface area (Å²) in [6, 6.07) is 6.46. The number of nitrogens with zero attached hydrogens (tertiary/aromatic N) is 3. The van der Waals surface area contributed by atoms with E-state index in [1.54, 1.807) is 11.8 Å². The third-order valence-corrected chi connectivity index (χ3v) is 6.26. The van der Waals surface area contributed by atoms with Gasteiger partial charge < -0.3 is 9.80 Å². The molecule has 0 spiro atoms. The summed E-state index contributed by atoms with van der Waals surface area (Å²) < 4.78 is 0. The van der Waals surface area contributed by atoms with Crippen molar-refractivity contribution in [2.45, 2.75) is 39.0 Å². The molecule has 0 unspecified atom stereocenters. The van der Waals surface area contributed by atoms with Gasteiger partial charge in [-0.1, -0.05) is 6.07 Å². The van der Waals surface area contributed by atoms with Crippen molar-refractivity contribution in [2.75, 3.05) is 51.6 Å². The maximum Gasteiger partial charge on any atom is 0.236 e. The number of hydrogen-bond donors (Lipinski definition) is 0. The number of rotatable bonds is 8. The van der Waals surface area contributed by atoms with Crippen molar-refractivity contribution in [1.29, 1.82) is 0 Å². The van der Waals surface area contributed by atoms with Gasteiger partial charge in [-0.05, 0) is 51.0 Å². The van der Waals surface area contributed by atoms with Crippen LogP contribution < -0.4 is 0 Å². The average molecular weight is 392 g/mol. The molecule has 1 aliphatic rings. The van der Waals surface area contributed by atoms with Crippen LogP contribution in [-0.4, -0.2) is 78.1 Å². The van der Waals surface area contributed by atoms with Gasteiger partial charge in [0.05, 0.1) is 6.54 Å². The van der Waals surface area contributed by atoms with Crippen LogP contribution in [0.2, 0.25) is 0 Å². The van der Waals surface area contributed by atoms with Crippen molar-refractivity contribution in [2.24, 2.45) is 0 Å². The van der Waals surface area contributed by atoms with Gasteiger partial charge in [0, 0.05) is 56.3 Å². The lowest BCUT2D eigenvalue weighted by atomic mass is 10.1. The summed E-state index contributed by atoms with van der Waals surface area (Å²) in [6.45, 7) is 13.2. The normalized spacial score (nSPS) is 15.0. The summed E-state index contributed by atoms with van der Waals surface area (Å²) in [4.78, 5) is 31.9. The molecular formula is C21H33N3O2S. The fraction of sp³-hybridized carbons (Fsp3) is 0.619. The van der Waals surface area contributed by atoms with Crippen LogP contribution in [0.3, 0.4) is 0 Å². The number of carbonyl (C=O) groups is 2. The molecule has 0 N–H and O–H groups in total. The van der Waals surface area contributed by atoms with Crippen LogP contribution >= 0.6 is 11.8 Å². The van der Waals surface area contributed by atoms with Gasteiger partial charge in [0.1, 0.15) is 0 Å². The zero-order valence-electron chi connectivity index (χ0n) is 17.2. The molecule has 1 aromatic carbocycles. The molecule has 1 fully saturated rings. The molecule has 0 aromatic heterocycles. The first-order chi connectivity index (χ1) is 12.9. The molecular weight excluding hydrogens is 358 g/mol. The Morgan fingerprint density at radius 1 is 1.04 bits per heavy atom. The second-order valence-corrected chi connectivity index (χ2v) is 8.24. The highest BCUT2D eigenvalue weighted by Gasteiger charge is 2.23. The molecule has 6 heteroatoms. The van der Waals surface area contributed by atoms with Gasteiger partial charge in [0.15, 0.2) is 0 Å². The minimum absolute atomic E-state index is 0.185. The lowest BCUT2D eigenvalue weighted by Gasteiger charge is -2.35. The summed E-state index contributed by atoms with van der Waals surface area (Å²) in [5, 5.41) is 0. The smallest absolute Gasteiger partial charge is 0.236 e. The first kappa shape index (κ1) is 21.8. The van der Waals surface area contributed by atoms with Gasteiger partial charge in [-0.15, -0.1) is 11.8 Å². The number of amides is 2. The molecule has 0 radical (unpaired) electrons. The lowest BCUT2D eigenvalue weighted by molar-refractivity contribution is -0.134. The van der Waals surface area contributed by atoms with E-state index < -0.39 is 0 Å². The maximum absolute atomic E-state index is 12.5. The van der Waals surface area contributed by atoms with Gasteiger partial charge in [0.25, 0.3) is 0 Å². The summed E-state index contributed by atoms with van der Waals surface area (Å²) in [5.41, 5.74) is 2.59. The van der Waals surface area contributed by atoms with Crippen molar-refractivity contribution < 1.29 is 9.59 Å². The fourth-order valence-electron chi connectivity index (χ4n) is 3.24. The molecule has 2 amide bonds. The highest BCUT2D eigenvalue weighted by atomic mass is 32.2. The molecule has 0 saturated carbocycles. The van der Waals surface area contributed by atoms with Crippen LogP contribution in [0, 0.1) is 13.8 Å². The van der Waals surface area contributed by atoms with Crippen molar-refractivity contribution in [1.82, 2.24) is 14.7 Å². The summed E-state index contributed by atoms with van der Waals surface area (Å²) in [7, 11) is 0. The first-order valence-electron chi connectivity index (χ1n) is 9.92. The standard InChI is InChI=1S/C21H33N3O2S/c1-5-23(6-2)21(26)16-22-10-12-24(13-11-22)20(25)9-14-27-19-8-7-17(3)18(4)15-19/h7-8,15H,5-6,9-14,16H2,1-4H3. The van der Waals surface area contributed by atoms with Gasteiger partial charge in [-0.3, -0.25) is 14.5 Å². The summed E-state index contributed by atoms with van der Waals surface area (Å²) in [6.07, 6.45) is 0.565. The maximum atomic E-state index is 12.5. The highest BCUT2D eigenvalue weighted by molar-refractivity contribution is 7.99. The second kappa shape index (κ2) is 10.7. The Balaban J connectivity index is 1.70. The molecule has 1 aromatic rings. The number of piperazine rings is 1. The van der Waals surface area contributed by atoms with E-state index in [1.807, 2.05) is 23.6 Å². The molecule has 0 bridgehead atoms. The summed E-state index contributed by atoms with van der Waals surface area (Å²) in [5.74, 6) is 1.22. The molecule has 1 heterocycles. The van der Waals surface area contributed by atoms with Crippen LogP contribution in [0.1, 0.15) is 31.4 Å². The van der Waals surface area contributed by atoms with Crippen LogP contribution in [0.25, 0.3) is 0 Å². The Labute approximate surface area is 168 Å². The second-order valence-electron chi connectivity index (χ2n) is 7.07. The monoisotopic (exact) mass is 391 g/mol. The largest absolute Gasteiger partial charge is 0.342 e. The molecule has 150 valence electrons. The Morgan fingerprint density at radius 3 is 2.30 bits per heavy atom. The predicted molar refractivity (Wildman–Crippen MR) is 112 cm³/mol. The Hall–Kier alpha value is -1.53. The van der Waals surface area contributed by atoms with Gasteiger partial charge >= 0.3 is 0 Å². The highest BCUT2D eigenvalue weighted by Crippen LogP contribution is 2.22. The van der Waals surface area contributed by atoms with E-state index in [9.17, 15) is 9.59 Å². The number of aryl methyl sites for hydroxylation is 2. The van der Waals surface area contributed by atoms with E-state index in [0.29, 0.717) is 13.0 Å². The third-order valence-electron chi connectivity index (χ3n) is 5.26. The quantitative estimate of drug-likeness (QED) is 0.639. The minimum atomic E-state index is 0.185. The van der Waals surface area contributed by atoms with Crippen LogP contribution in [0.15, 0.2) is 23.1 Å². The zero-order chi connectivity index (χ0) is 19.8. The van der Waals surface area contributed by atoms with Gasteiger partial charge in [-0.2, -0.15) is 0 Å². The van der Waals surface area contributed by atoms with E-state index in [-0.39, 0.29) is 11.8 Å². The van der Waals surface area contributed by atoms with Crippen molar-refractivity contribution in [3.05, 3.63) is 29.3 Å². The fourth-order valence-corrected chi connectivity index (χ4v) is 4.18. The Morgan fingerprint density at radius 2 is 1.70 bits per heavy atom. The molecule has 1 saturated heterocycles. The SMILES string of the molecule is CCN(CC)C(=O)CN1CCN(C(=O)CCSc2ccc(C)c(C)c2)CC1. The van der Waals surface area contributed by atoms with E-state index in [2.05, 4.69) is 36.9 Å². The van der Waals surface area contributed by atoms with E-state index >= 15 is 0 Å². The molecule has 0 atom stereocenters. The number of hydrogen-bond acceptors (Lipinski definition) is 4. The van der Waals surface area contributed by atoms with Crippen molar-refractivity contribution in [3.8, 4) is 0 Å². The molecule has 27 heavy (non-hydrogen) atoms. The molecule has 0 aliphatic carbocycles. The van der Waals surface area contributed by atoms with Crippen LogP contribution in [0.5, 0.6) is 0 Å². The van der Waals surface area contributed by atoms with Crippen LogP contribution in [-0.2, 0) is 9.59 Å². The minimum Gasteiger partial charge on any atom is -0.342 e. The zero-order valence-corrected chi connectivity index (χ0v) is 18.0. The molecule has 2 rings (SSSR count). The average Bonchev–Trinajstić information content (AvgIpc) is 2.66. The van der Waals surface area contributed by atoms with Crippen molar-refractivity contribution >= 4 is 23.6 Å². The molecule has 5 nitrogen and oxygen atoms in total. The number of thioether (sulfide) groups is 1. The predicted octanol–water partition coefficient (Wildman–Crippen LogP) is 2.80. The molecule has 1 aliphatic heterocycles. The van der Waals surface area contributed by atoms with Gasteiger partial charge in [-0.25, -0.2) is 0 Å². The topological polar surface area (TPSA) is 43.9 Å². The van der Waals surface area contributed by atoms with E-state index in [4.69, 9.17) is 0 Å². The van der Waals surface area contributed by atoms with E-state index in [1.165, 1.54) is 16.0 Å². The Kier molecular flexibility index (Phi) is 8.64. The number of carbonyl (C=O) groups excluding carboxylic acids is 2. The first-order valence-corrected chi connectivity index (χ1v) is 10.9. The van der Waals surface area contributed by atoms with Crippen molar-refractivity contribution in [3.63, 3.8) is 0 Å². The van der Waals surface area contributed by atoms with E-state index in [0.717, 1.165) is 45.0 Å². The Bertz CT molecular complexity index is 638. The number of likely N-dealkylation sites (N-methyl/N-ethyl adjacent to an activating group) is 1. The lowest BCUT2D eigenvalue weighted by Crippen LogP contribution is -2.51. The third kappa shape index (κ3) is 6.54. The van der Waals surface area contributed by atoms with Gasteiger partial charge in [0.2, 0.25) is 11.8 Å².